The third kappa shape index (κ3) is 3.73. The summed E-state index contributed by atoms with van der Waals surface area (Å²) in [5.74, 6) is 0.960. The number of hydrogen-bond donors (Lipinski definition) is 1. The number of benzene rings is 2. The van der Waals surface area contributed by atoms with Crippen molar-refractivity contribution in [2.75, 3.05) is 13.7 Å². The standard InChI is InChI=1S/C17H20FNO2/c1-3-12-7-8-15(16(9-12)20-2)21-17(11-19)13-5-4-6-14(18)10-13/h4-10,17H,3,11,19H2,1-2H3. The summed E-state index contributed by atoms with van der Waals surface area (Å²) < 4.78 is 24.6. The van der Waals surface area contributed by atoms with E-state index in [0.29, 0.717) is 17.1 Å². The molecule has 3 nitrogen and oxygen atoms in total. The topological polar surface area (TPSA) is 44.5 Å². The largest absolute Gasteiger partial charge is 0.493 e. The average Bonchev–Trinajstić information content (AvgIpc) is 2.52. The van der Waals surface area contributed by atoms with E-state index in [-0.39, 0.29) is 12.4 Å². The van der Waals surface area contributed by atoms with E-state index in [0.717, 1.165) is 12.0 Å². The second kappa shape index (κ2) is 7.09. The molecule has 0 aliphatic carbocycles. The van der Waals surface area contributed by atoms with Gasteiger partial charge in [-0.15, -0.1) is 0 Å². The van der Waals surface area contributed by atoms with Gasteiger partial charge in [-0.25, -0.2) is 4.39 Å². The number of ether oxygens (including phenoxy) is 2. The lowest BCUT2D eigenvalue weighted by molar-refractivity contribution is 0.204. The van der Waals surface area contributed by atoms with E-state index in [1.54, 1.807) is 19.2 Å². The van der Waals surface area contributed by atoms with Crippen LogP contribution < -0.4 is 15.2 Å². The van der Waals surface area contributed by atoms with Crippen molar-refractivity contribution >= 4 is 0 Å². The van der Waals surface area contributed by atoms with E-state index >= 15 is 0 Å². The van der Waals surface area contributed by atoms with Crippen LogP contribution in [0, 0.1) is 5.82 Å². The quantitative estimate of drug-likeness (QED) is 0.885. The summed E-state index contributed by atoms with van der Waals surface area (Å²) in [5.41, 5.74) is 7.63. The average molecular weight is 289 g/mol. The number of hydrogen-bond acceptors (Lipinski definition) is 3. The van der Waals surface area contributed by atoms with Crippen molar-refractivity contribution in [2.45, 2.75) is 19.4 Å². The molecule has 0 saturated carbocycles. The lowest BCUT2D eigenvalue weighted by atomic mass is 10.1. The van der Waals surface area contributed by atoms with Gasteiger partial charge < -0.3 is 15.2 Å². The van der Waals surface area contributed by atoms with Crippen molar-refractivity contribution < 1.29 is 13.9 Å². The molecule has 4 heteroatoms. The highest BCUT2D eigenvalue weighted by molar-refractivity contribution is 5.43. The van der Waals surface area contributed by atoms with Gasteiger partial charge in [-0.1, -0.05) is 25.1 Å². The summed E-state index contributed by atoms with van der Waals surface area (Å²) in [6.07, 6.45) is 0.503. The molecule has 0 aliphatic rings. The Morgan fingerprint density at radius 2 is 1.95 bits per heavy atom. The van der Waals surface area contributed by atoms with Crippen molar-refractivity contribution in [1.82, 2.24) is 0 Å². The van der Waals surface area contributed by atoms with Crippen molar-refractivity contribution in [3.63, 3.8) is 0 Å². The molecule has 0 aliphatic heterocycles. The van der Waals surface area contributed by atoms with E-state index in [9.17, 15) is 4.39 Å². The molecule has 2 N–H and O–H groups in total. The minimum absolute atomic E-state index is 0.252. The first kappa shape index (κ1) is 15.3. The Kier molecular flexibility index (Phi) is 5.17. The molecule has 0 fully saturated rings. The van der Waals surface area contributed by atoms with E-state index < -0.39 is 6.10 Å². The Morgan fingerprint density at radius 1 is 1.14 bits per heavy atom. The molecule has 1 atom stereocenters. The van der Waals surface area contributed by atoms with Crippen molar-refractivity contribution in [3.05, 3.63) is 59.4 Å². The maximum absolute atomic E-state index is 13.3. The van der Waals surface area contributed by atoms with Gasteiger partial charge in [-0.05, 0) is 41.8 Å². The van der Waals surface area contributed by atoms with Gasteiger partial charge >= 0.3 is 0 Å². The van der Waals surface area contributed by atoms with Crippen LogP contribution in [-0.4, -0.2) is 13.7 Å². The van der Waals surface area contributed by atoms with Crippen LogP contribution in [0.1, 0.15) is 24.2 Å². The molecule has 0 bridgehead atoms. The Hall–Kier alpha value is -2.07. The summed E-state index contributed by atoms with van der Waals surface area (Å²) in [6, 6.07) is 12.1. The first-order valence-corrected chi connectivity index (χ1v) is 6.97. The third-order valence-electron chi connectivity index (χ3n) is 3.34. The van der Waals surface area contributed by atoms with Gasteiger partial charge in [0.15, 0.2) is 11.5 Å². The first-order valence-electron chi connectivity index (χ1n) is 6.97. The predicted molar refractivity (Wildman–Crippen MR) is 81.2 cm³/mol. The van der Waals surface area contributed by atoms with Crippen LogP contribution in [0.5, 0.6) is 11.5 Å². The fraction of sp³-hybridized carbons (Fsp3) is 0.294. The molecule has 0 heterocycles. The van der Waals surface area contributed by atoms with Crippen molar-refractivity contribution in [3.8, 4) is 11.5 Å². The van der Waals surface area contributed by atoms with Gasteiger partial charge in [0, 0.05) is 6.54 Å². The number of nitrogens with two attached hydrogens (primary N) is 1. The maximum atomic E-state index is 13.3. The maximum Gasteiger partial charge on any atom is 0.162 e. The molecule has 0 saturated heterocycles. The van der Waals surface area contributed by atoms with Crippen LogP contribution in [0.3, 0.4) is 0 Å². The molecule has 2 aromatic rings. The monoisotopic (exact) mass is 289 g/mol. The number of aryl methyl sites for hydroxylation is 1. The van der Waals surface area contributed by atoms with Crippen LogP contribution in [0.2, 0.25) is 0 Å². The van der Waals surface area contributed by atoms with Gasteiger partial charge in [0.2, 0.25) is 0 Å². The lowest BCUT2D eigenvalue weighted by Crippen LogP contribution is -2.19. The van der Waals surface area contributed by atoms with Gasteiger partial charge in [0.05, 0.1) is 7.11 Å². The van der Waals surface area contributed by atoms with Crippen LogP contribution in [0.25, 0.3) is 0 Å². The summed E-state index contributed by atoms with van der Waals surface area (Å²) >= 11 is 0. The molecule has 1 unspecified atom stereocenters. The highest BCUT2D eigenvalue weighted by Crippen LogP contribution is 2.32. The zero-order chi connectivity index (χ0) is 15.2. The molecule has 0 amide bonds. The molecule has 0 spiro atoms. The molecule has 21 heavy (non-hydrogen) atoms. The van der Waals surface area contributed by atoms with E-state index in [1.165, 1.54) is 12.1 Å². The molecule has 2 aromatic carbocycles. The Bertz CT molecular complexity index is 601. The van der Waals surface area contributed by atoms with Gasteiger partial charge in [0.25, 0.3) is 0 Å². The Labute approximate surface area is 124 Å². The highest BCUT2D eigenvalue weighted by atomic mass is 19.1. The lowest BCUT2D eigenvalue weighted by Gasteiger charge is -2.20. The second-order valence-corrected chi connectivity index (χ2v) is 4.74. The van der Waals surface area contributed by atoms with Gasteiger partial charge in [-0.3, -0.25) is 0 Å². The summed E-state index contributed by atoms with van der Waals surface area (Å²) in [4.78, 5) is 0. The smallest absolute Gasteiger partial charge is 0.162 e. The Balaban J connectivity index is 2.26. The molecule has 112 valence electrons. The first-order chi connectivity index (χ1) is 10.2. The van der Waals surface area contributed by atoms with Crippen molar-refractivity contribution in [1.29, 1.82) is 0 Å². The zero-order valence-corrected chi connectivity index (χ0v) is 12.3. The fourth-order valence-electron chi connectivity index (χ4n) is 2.14. The molecular formula is C17H20FNO2. The van der Waals surface area contributed by atoms with Crippen LogP contribution in [0.15, 0.2) is 42.5 Å². The van der Waals surface area contributed by atoms with E-state index in [4.69, 9.17) is 15.2 Å². The molecule has 0 radical (unpaired) electrons. The second-order valence-electron chi connectivity index (χ2n) is 4.74. The summed E-state index contributed by atoms with van der Waals surface area (Å²) in [7, 11) is 1.60. The normalized spacial score (nSPS) is 12.0. The SMILES string of the molecule is CCc1ccc(OC(CN)c2cccc(F)c2)c(OC)c1. The zero-order valence-electron chi connectivity index (χ0n) is 12.3. The highest BCUT2D eigenvalue weighted by Gasteiger charge is 2.15. The predicted octanol–water partition coefficient (Wildman–Crippen LogP) is 3.48. The minimum atomic E-state index is -0.415. The number of methoxy groups -OCH3 is 1. The summed E-state index contributed by atoms with van der Waals surface area (Å²) in [5, 5.41) is 0. The number of halogens is 1. The molecular weight excluding hydrogens is 269 g/mol. The van der Waals surface area contributed by atoms with Crippen LogP contribution >= 0.6 is 0 Å². The third-order valence-corrected chi connectivity index (χ3v) is 3.34. The van der Waals surface area contributed by atoms with E-state index in [1.807, 2.05) is 18.2 Å². The Morgan fingerprint density at radius 3 is 2.57 bits per heavy atom. The van der Waals surface area contributed by atoms with Crippen LogP contribution in [-0.2, 0) is 6.42 Å². The fourth-order valence-corrected chi connectivity index (χ4v) is 2.14. The van der Waals surface area contributed by atoms with Gasteiger partial charge in [0.1, 0.15) is 11.9 Å². The molecule has 2 rings (SSSR count). The van der Waals surface area contributed by atoms with Gasteiger partial charge in [-0.2, -0.15) is 0 Å². The van der Waals surface area contributed by atoms with Crippen LogP contribution in [0.4, 0.5) is 4.39 Å². The summed E-state index contributed by atoms with van der Waals surface area (Å²) in [6.45, 7) is 2.33. The molecule has 0 aromatic heterocycles. The minimum Gasteiger partial charge on any atom is -0.493 e. The van der Waals surface area contributed by atoms with E-state index in [2.05, 4.69) is 6.92 Å². The number of rotatable bonds is 6. The van der Waals surface area contributed by atoms with Crippen molar-refractivity contribution in [2.24, 2.45) is 5.73 Å².